The van der Waals surface area contributed by atoms with E-state index in [1.807, 2.05) is 24.3 Å². The molecule has 1 unspecified atom stereocenters. The lowest BCUT2D eigenvalue weighted by atomic mass is 10.2. The summed E-state index contributed by atoms with van der Waals surface area (Å²) >= 11 is 0. The lowest BCUT2D eigenvalue weighted by molar-refractivity contribution is -0.122. The van der Waals surface area contributed by atoms with Gasteiger partial charge in [0.25, 0.3) is 15.9 Å². The Kier molecular flexibility index (Phi) is 5.68. The number of nitrogens with one attached hydrogen (secondary N) is 1. The molecule has 2 aliphatic rings. The summed E-state index contributed by atoms with van der Waals surface area (Å²) in [6.07, 6.45) is 1.40. The molecule has 5 rings (SSSR count). The Morgan fingerprint density at radius 3 is 2.27 bits per heavy atom. The summed E-state index contributed by atoms with van der Waals surface area (Å²) in [6, 6.07) is 22.8. The third-order valence-electron chi connectivity index (χ3n) is 5.96. The zero-order valence-electron chi connectivity index (χ0n) is 18.1. The molecule has 33 heavy (non-hydrogen) atoms. The van der Waals surface area contributed by atoms with Crippen molar-refractivity contribution in [2.24, 2.45) is 0 Å². The molecule has 0 aliphatic carbocycles. The van der Waals surface area contributed by atoms with Gasteiger partial charge < -0.3 is 15.0 Å². The number of amides is 1. The second-order valence-electron chi connectivity index (χ2n) is 8.15. The molecule has 7 nitrogen and oxygen atoms in total. The average Bonchev–Trinajstić information content (AvgIpc) is 3.39. The van der Waals surface area contributed by atoms with Gasteiger partial charge in [-0.1, -0.05) is 30.3 Å². The maximum Gasteiger partial charge on any atom is 0.267 e. The molecule has 1 N–H and O–H groups in total. The molecule has 0 bridgehead atoms. The summed E-state index contributed by atoms with van der Waals surface area (Å²) in [4.78, 5) is 15.5. The van der Waals surface area contributed by atoms with Crippen LogP contribution in [0.3, 0.4) is 0 Å². The molecule has 0 spiro atoms. The first kappa shape index (κ1) is 21.3. The number of fused-ring (bicyclic) bond motifs is 1. The van der Waals surface area contributed by atoms with Gasteiger partial charge in [-0.2, -0.15) is 0 Å². The van der Waals surface area contributed by atoms with Crippen LogP contribution in [0.4, 0.5) is 17.1 Å². The topological polar surface area (TPSA) is 79.0 Å². The van der Waals surface area contributed by atoms with Crippen molar-refractivity contribution in [3.8, 4) is 5.75 Å². The molecule has 8 heteroatoms. The fourth-order valence-electron chi connectivity index (χ4n) is 4.24. The highest BCUT2D eigenvalue weighted by molar-refractivity contribution is 7.92. The molecule has 1 fully saturated rings. The molecule has 0 radical (unpaired) electrons. The minimum absolute atomic E-state index is 0.119. The molecular formula is C25H25N3O4S. The molecule has 3 aromatic carbocycles. The normalized spacial score (nSPS) is 17.9. The van der Waals surface area contributed by atoms with Gasteiger partial charge in [-0.25, -0.2) is 8.42 Å². The summed E-state index contributed by atoms with van der Waals surface area (Å²) < 4.78 is 33.9. The number of carbonyl (C=O) groups is 1. The Morgan fingerprint density at radius 2 is 1.55 bits per heavy atom. The van der Waals surface area contributed by atoms with E-state index in [1.54, 1.807) is 54.6 Å². The van der Waals surface area contributed by atoms with Gasteiger partial charge in [-0.05, 0) is 61.4 Å². The van der Waals surface area contributed by atoms with Gasteiger partial charge in [0.15, 0.2) is 6.10 Å². The first-order chi connectivity index (χ1) is 16.0. The highest BCUT2D eigenvalue weighted by Crippen LogP contribution is 2.37. The van der Waals surface area contributed by atoms with Crippen molar-refractivity contribution in [1.82, 2.24) is 0 Å². The maximum absolute atomic E-state index is 13.4. The van der Waals surface area contributed by atoms with E-state index in [1.165, 1.54) is 17.1 Å². The molecule has 0 aromatic heterocycles. The van der Waals surface area contributed by atoms with Gasteiger partial charge >= 0.3 is 0 Å². The van der Waals surface area contributed by atoms with Gasteiger partial charge in [-0.3, -0.25) is 9.10 Å². The highest BCUT2D eigenvalue weighted by Gasteiger charge is 2.37. The smallest absolute Gasteiger partial charge is 0.267 e. The number of para-hydroxylation sites is 2. The monoisotopic (exact) mass is 463 g/mol. The number of rotatable bonds is 5. The first-order valence-electron chi connectivity index (χ1n) is 11.0. The number of sulfonamides is 1. The first-order valence-corrected chi connectivity index (χ1v) is 12.5. The van der Waals surface area contributed by atoms with Crippen molar-refractivity contribution in [3.63, 3.8) is 0 Å². The number of carbonyl (C=O) groups excluding carboxylic acids is 1. The van der Waals surface area contributed by atoms with Crippen LogP contribution in [0.5, 0.6) is 5.75 Å². The van der Waals surface area contributed by atoms with Crippen LogP contribution in [0.2, 0.25) is 0 Å². The molecule has 1 amide bonds. The summed E-state index contributed by atoms with van der Waals surface area (Å²) in [5.41, 5.74) is 2.19. The van der Waals surface area contributed by atoms with Crippen molar-refractivity contribution in [3.05, 3.63) is 78.9 Å². The lowest BCUT2D eigenvalue weighted by Gasteiger charge is -2.34. The minimum atomic E-state index is -3.86. The van der Waals surface area contributed by atoms with Gasteiger partial charge in [0.2, 0.25) is 0 Å². The predicted molar refractivity (Wildman–Crippen MR) is 128 cm³/mol. The minimum Gasteiger partial charge on any atom is -0.476 e. The quantitative estimate of drug-likeness (QED) is 0.621. The van der Waals surface area contributed by atoms with Gasteiger partial charge in [0.05, 0.1) is 17.1 Å². The molecular weight excluding hydrogens is 438 g/mol. The number of hydrogen-bond acceptors (Lipinski definition) is 5. The van der Waals surface area contributed by atoms with E-state index in [-0.39, 0.29) is 11.4 Å². The third-order valence-corrected chi connectivity index (χ3v) is 7.76. The van der Waals surface area contributed by atoms with Crippen molar-refractivity contribution in [2.75, 3.05) is 34.2 Å². The SMILES string of the molecule is O=C(Nc1ccc(N2CCCC2)cc1)C1CN(S(=O)(=O)c2ccccc2)c2ccccc2O1. The van der Waals surface area contributed by atoms with Gasteiger partial charge in [0.1, 0.15) is 5.75 Å². The number of nitrogens with zero attached hydrogens (tertiary/aromatic N) is 2. The van der Waals surface area contributed by atoms with Crippen LogP contribution in [0, 0.1) is 0 Å². The van der Waals surface area contributed by atoms with Crippen LogP contribution in [0.15, 0.2) is 83.8 Å². The predicted octanol–water partition coefficient (Wildman–Crippen LogP) is 3.88. The largest absolute Gasteiger partial charge is 0.476 e. The standard InChI is InChI=1S/C25H25N3O4S/c29-25(26-19-12-14-20(15-13-19)27-16-6-7-17-27)24-18-28(22-10-4-5-11-23(22)32-24)33(30,31)21-8-2-1-3-9-21/h1-5,8-15,24H,6-7,16-18H2,(H,26,29). The van der Waals surface area contributed by atoms with Crippen molar-refractivity contribution >= 4 is 33.0 Å². The van der Waals surface area contributed by atoms with Crippen LogP contribution in [-0.2, 0) is 14.8 Å². The zero-order chi connectivity index (χ0) is 22.8. The van der Waals surface area contributed by atoms with Crippen molar-refractivity contribution in [2.45, 2.75) is 23.8 Å². The van der Waals surface area contributed by atoms with E-state index in [2.05, 4.69) is 10.2 Å². The Morgan fingerprint density at radius 1 is 0.879 bits per heavy atom. The van der Waals surface area contributed by atoms with Crippen LogP contribution in [-0.4, -0.2) is 40.1 Å². The van der Waals surface area contributed by atoms with Gasteiger partial charge in [0, 0.05) is 24.5 Å². The average molecular weight is 464 g/mol. The zero-order valence-corrected chi connectivity index (χ0v) is 18.9. The van der Waals surface area contributed by atoms with Crippen LogP contribution >= 0.6 is 0 Å². The molecule has 2 heterocycles. The summed E-state index contributed by atoms with van der Waals surface area (Å²) in [5.74, 6) is -0.0422. The number of ether oxygens (including phenoxy) is 1. The second-order valence-corrected chi connectivity index (χ2v) is 10.0. The van der Waals surface area contributed by atoms with E-state index < -0.39 is 22.0 Å². The highest BCUT2D eigenvalue weighted by atomic mass is 32.2. The number of anilines is 3. The van der Waals surface area contributed by atoms with Crippen molar-refractivity contribution < 1.29 is 17.9 Å². The van der Waals surface area contributed by atoms with E-state index in [9.17, 15) is 13.2 Å². The summed E-state index contributed by atoms with van der Waals surface area (Å²) in [6.45, 7) is 1.98. The molecule has 1 saturated heterocycles. The Bertz CT molecular complexity index is 1240. The molecule has 0 saturated carbocycles. The number of benzene rings is 3. The fraction of sp³-hybridized carbons (Fsp3) is 0.240. The molecule has 1 atom stereocenters. The number of hydrogen-bond donors (Lipinski definition) is 1. The third kappa shape index (κ3) is 4.26. The van der Waals surface area contributed by atoms with Crippen LogP contribution in [0.25, 0.3) is 0 Å². The second kappa shape index (κ2) is 8.78. The van der Waals surface area contributed by atoms with E-state index in [0.29, 0.717) is 17.1 Å². The Hall–Kier alpha value is -3.52. The van der Waals surface area contributed by atoms with Crippen LogP contribution < -0.4 is 19.3 Å². The molecule has 2 aliphatic heterocycles. The molecule has 3 aromatic rings. The summed E-state index contributed by atoms with van der Waals surface area (Å²) in [7, 11) is -3.86. The Labute approximate surface area is 193 Å². The van der Waals surface area contributed by atoms with Crippen LogP contribution in [0.1, 0.15) is 12.8 Å². The van der Waals surface area contributed by atoms with Gasteiger partial charge in [-0.15, -0.1) is 0 Å². The van der Waals surface area contributed by atoms with Crippen molar-refractivity contribution in [1.29, 1.82) is 0 Å². The lowest BCUT2D eigenvalue weighted by Crippen LogP contribution is -2.48. The fourth-order valence-corrected chi connectivity index (χ4v) is 5.74. The Balaban J connectivity index is 1.37. The van der Waals surface area contributed by atoms with E-state index in [0.717, 1.165) is 18.8 Å². The van der Waals surface area contributed by atoms with E-state index in [4.69, 9.17) is 4.74 Å². The summed E-state index contributed by atoms with van der Waals surface area (Å²) in [5, 5.41) is 2.87. The van der Waals surface area contributed by atoms with E-state index >= 15 is 0 Å². The maximum atomic E-state index is 13.4. The molecule has 170 valence electrons.